The van der Waals surface area contributed by atoms with Crippen molar-refractivity contribution in [3.8, 4) is 0 Å². The Labute approximate surface area is 125 Å². The van der Waals surface area contributed by atoms with E-state index in [-0.39, 0.29) is 4.75 Å². The van der Waals surface area contributed by atoms with Crippen molar-refractivity contribution in [2.75, 3.05) is 12.8 Å². The lowest BCUT2D eigenvalue weighted by Crippen LogP contribution is -2.32. The standard InChI is InChI=1S/C14H22N2O2S2/c1-10-6-12(8-15)7-13(11(10)2)20(17,18)16-9-14(19-3)4-5-14/h6-7,16H,4-5,8-9,15H2,1-3H3. The van der Waals surface area contributed by atoms with E-state index in [1.165, 1.54) is 0 Å². The summed E-state index contributed by atoms with van der Waals surface area (Å²) in [5, 5.41) is 0. The monoisotopic (exact) mass is 314 g/mol. The van der Waals surface area contributed by atoms with Gasteiger partial charge in [-0.05, 0) is 55.7 Å². The fourth-order valence-electron chi connectivity index (χ4n) is 2.19. The quantitative estimate of drug-likeness (QED) is 0.841. The minimum atomic E-state index is -3.47. The minimum absolute atomic E-state index is 0.113. The Kier molecular flexibility index (Phi) is 4.49. The van der Waals surface area contributed by atoms with Crippen LogP contribution in [0.25, 0.3) is 0 Å². The third kappa shape index (κ3) is 3.19. The topological polar surface area (TPSA) is 72.2 Å². The minimum Gasteiger partial charge on any atom is -0.326 e. The lowest BCUT2D eigenvalue weighted by atomic mass is 10.1. The molecule has 1 saturated carbocycles. The van der Waals surface area contributed by atoms with Gasteiger partial charge < -0.3 is 5.73 Å². The summed E-state index contributed by atoms with van der Waals surface area (Å²) in [4.78, 5) is 0.356. The van der Waals surface area contributed by atoms with Gasteiger partial charge in [0, 0.05) is 17.8 Å². The predicted molar refractivity (Wildman–Crippen MR) is 84.5 cm³/mol. The Morgan fingerprint density at radius 1 is 1.35 bits per heavy atom. The van der Waals surface area contributed by atoms with Gasteiger partial charge in [0.2, 0.25) is 10.0 Å². The maximum atomic E-state index is 12.5. The van der Waals surface area contributed by atoms with Gasteiger partial charge in [0.25, 0.3) is 0 Å². The molecule has 0 aromatic heterocycles. The molecule has 112 valence electrons. The van der Waals surface area contributed by atoms with Crippen molar-refractivity contribution in [3.05, 3.63) is 28.8 Å². The van der Waals surface area contributed by atoms with Gasteiger partial charge in [-0.2, -0.15) is 11.8 Å². The second-order valence-corrected chi connectivity index (χ2v) is 8.46. The van der Waals surface area contributed by atoms with Gasteiger partial charge in [-0.25, -0.2) is 13.1 Å². The van der Waals surface area contributed by atoms with Gasteiger partial charge in [0.1, 0.15) is 0 Å². The molecule has 1 aliphatic carbocycles. The number of aryl methyl sites for hydroxylation is 1. The van der Waals surface area contributed by atoms with Crippen LogP contribution in [0.2, 0.25) is 0 Å². The summed E-state index contributed by atoms with van der Waals surface area (Å²) in [6.07, 6.45) is 4.20. The molecule has 0 unspecified atom stereocenters. The maximum absolute atomic E-state index is 12.5. The zero-order valence-electron chi connectivity index (χ0n) is 12.2. The molecule has 20 heavy (non-hydrogen) atoms. The summed E-state index contributed by atoms with van der Waals surface area (Å²) in [6, 6.07) is 3.63. The highest BCUT2D eigenvalue weighted by atomic mass is 32.2. The predicted octanol–water partition coefficient (Wildman–Crippen LogP) is 1.94. The summed E-state index contributed by atoms with van der Waals surface area (Å²) in [5.41, 5.74) is 8.24. The molecular formula is C14H22N2O2S2. The molecule has 3 N–H and O–H groups in total. The molecule has 0 atom stereocenters. The molecule has 1 aromatic rings. The summed E-state index contributed by atoms with van der Waals surface area (Å²) < 4.78 is 27.9. The van der Waals surface area contributed by atoms with E-state index in [1.807, 2.05) is 26.2 Å². The van der Waals surface area contributed by atoms with Gasteiger partial charge in [-0.1, -0.05) is 6.07 Å². The molecule has 4 nitrogen and oxygen atoms in total. The molecule has 1 fully saturated rings. The molecule has 0 aliphatic heterocycles. The van der Waals surface area contributed by atoms with E-state index in [2.05, 4.69) is 4.72 Å². The number of hydrogen-bond donors (Lipinski definition) is 2. The first-order valence-corrected chi connectivity index (χ1v) is 9.39. The number of rotatable bonds is 6. The van der Waals surface area contributed by atoms with E-state index in [1.54, 1.807) is 17.8 Å². The first-order chi connectivity index (χ1) is 9.33. The molecule has 2 rings (SSSR count). The third-order valence-electron chi connectivity index (χ3n) is 4.03. The van der Waals surface area contributed by atoms with Crippen LogP contribution in [0.3, 0.4) is 0 Å². The van der Waals surface area contributed by atoms with Crippen molar-refractivity contribution in [3.63, 3.8) is 0 Å². The van der Waals surface area contributed by atoms with E-state index < -0.39 is 10.0 Å². The average molecular weight is 314 g/mol. The van der Waals surface area contributed by atoms with Gasteiger partial charge in [-0.15, -0.1) is 0 Å². The van der Waals surface area contributed by atoms with Crippen molar-refractivity contribution >= 4 is 21.8 Å². The van der Waals surface area contributed by atoms with Crippen molar-refractivity contribution in [2.24, 2.45) is 5.73 Å². The molecule has 0 spiro atoms. The van der Waals surface area contributed by atoms with Crippen molar-refractivity contribution in [1.82, 2.24) is 4.72 Å². The van der Waals surface area contributed by atoms with E-state index in [9.17, 15) is 8.42 Å². The zero-order valence-corrected chi connectivity index (χ0v) is 13.8. The van der Waals surface area contributed by atoms with E-state index >= 15 is 0 Å². The maximum Gasteiger partial charge on any atom is 0.240 e. The Balaban J connectivity index is 2.27. The second kappa shape index (κ2) is 5.67. The van der Waals surface area contributed by atoms with Crippen LogP contribution < -0.4 is 10.5 Å². The van der Waals surface area contributed by atoms with Crippen LogP contribution in [0.4, 0.5) is 0 Å². The van der Waals surface area contributed by atoms with Gasteiger partial charge in [0.15, 0.2) is 0 Å². The molecular weight excluding hydrogens is 292 g/mol. The number of hydrogen-bond acceptors (Lipinski definition) is 4. The summed E-state index contributed by atoms with van der Waals surface area (Å²) in [6.45, 7) is 4.60. The normalized spacial score (nSPS) is 17.2. The summed E-state index contributed by atoms with van der Waals surface area (Å²) in [5.74, 6) is 0. The Bertz CT molecular complexity index is 608. The number of nitrogens with two attached hydrogens (primary N) is 1. The number of nitrogens with one attached hydrogen (secondary N) is 1. The number of sulfonamides is 1. The molecule has 0 saturated heterocycles. The highest BCUT2D eigenvalue weighted by Crippen LogP contribution is 2.46. The summed E-state index contributed by atoms with van der Waals surface area (Å²) >= 11 is 1.74. The number of benzene rings is 1. The van der Waals surface area contributed by atoms with Crippen LogP contribution in [0, 0.1) is 13.8 Å². The van der Waals surface area contributed by atoms with Crippen LogP contribution in [-0.2, 0) is 16.6 Å². The fraction of sp³-hybridized carbons (Fsp3) is 0.571. The average Bonchev–Trinajstić information content (AvgIpc) is 3.20. The number of thioether (sulfide) groups is 1. The molecule has 0 heterocycles. The molecule has 0 amide bonds. The van der Waals surface area contributed by atoms with Crippen molar-refractivity contribution < 1.29 is 8.42 Å². The van der Waals surface area contributed by atoms with Crippen molar-refractivity contribution in [2.45, 2.75) is 42.9 Å². The highest BCUT2D eigenvalue weighted by Gasteiger charge is 2.42. The third-order valence-corrected chi connectivity index (χ3v) is 6.98. The summed E-state index contributed by atoms with van der Waals surface area (Å²) in [7, 11) is -3.47. The van der Waals surface area contributed by atoms with Crippen LogP contribution in [-0.4, -0.2) is 26.0 Å². The largest absolute Gasteiger partial charge is 0.326 e. The molecule has 6 heteroatoms. The van der Waals surface area contributed by atoms with E-state index in [4.69, 9.17) is 5.73 Å². The van der Waals surface area contributed by atoms with Crippen LogP contribution in [0.15, 0.2) is 17.0 Å². The van der Waals surface area contributed by atoms with Gasteiger partial charge in [-0.3, -0.25) is 0 Å². The van der Waals surface area contributed by atoms with Gasteiger partial charge >= 0.3 is 0 Å². The molecule has 0 bridgehead atoms. The van der Waals surface area contributed by atoms with Crippen LogP contribution in [0.1, 0.15) is 29.5 Å². The van der Waals surface area contributed by atoms with E-state index in [0.717, 1.165) is 29.5 Å². The highest BCUT2D eigenvalue weighted by molar-refractivity contribution is 8.00. The lowest BCUT2D eigenvalue weighted by molar-refractivity contribution is 0.579. The molecule has 1 aliphatic rings. The zero-order chi connectivity index (χ0) is 15.0. The first kappa shape index (κ1) is 15.8. The smallest absolute Gasteiger partial charge is 0.240 e. The molecule has 0 radical (unpaired) electrons. The lowest BCUT2D eigenvalue weighted by Gasteiger charge is -2.16. The van der Waals surface area contributed by atoms with E-state index in [0.29, 0.717) is 18.0 Å². The van der Waals surface area contributed by atoms with Crippen LogP contribution in [0.5, 0.6) is 0 Å². The van der Waals surface area contributed by atoms with Crippen LogP contribution >= 0.6 is 11.8 Å². The Morgan fingerprint density at radius 2 is 2.00 bits per heavy atom. The Morgan fingerprint density at radius 3 is 2.50 bits per heavy atom. The SMILES string of the molecule is CSC1(CNS(=O)(=O)c2cc(CN)cc(C)c2C)CC1. The fourth-order valence-corrected chi connectivity index (χ4v) is 4.50. The van der Waals surface area contributed by atoms with Crippen molar-refractivity contribution in [1.29, 1.82) is 0 Å². The first-order valence-electron chi connectivity index (χ1n) is 6.68. The second-order valence-electron chi connectivity index (χ2n) is 5.45. The van der Waals surface area contributed by atoms with Gasteiger partial charge in [0.05, 0.1) is 4.90 Å². The Hall–Kier alpha value is -0.560. The molecule has 1 aromatic carbocycles.